The maximum atomic E-state index is 12.5. The normalized spacial score (nSPS) is 30.3. The lowest BCUT2D eigenvalue weighted by Crippen LogP contribution is -2.46. The van der Waals surface area contributed by atoms with Crippen LogP contribution in [0.25, 0.3) is 11.2 Å². The molecule has 0 bridgehead atoms. The summed E-state index contributed by atoms with van der Waals surface area (Å²) in [7, 11) is -11.1. The van der Waals surface area contributed by atoms with Crippen molar-refractivity contribution >= 4 is 38.5 Å². The number of aliphatic hydroxyl groups is 4. The quantitative estimate of drug-likeness (QED) is 0.0587. The first-order chi connectivity index (χ1) is 22.2. The van der Waals surface area contributed by atoms with E-state index in [0.29, 0.717) is 24.4 Å². The summed E-state index contributed by atoms with van der Waals surface area (Å²) in [5.74, 6) is -0.418. The highest BCUT2D eigenvalue weighted by Gasteiger charge is 2.49. The minimum atomic E-state index is -5.63. The molecule has 0 saturated carbocycles. The van der Waals surface area contributed by atoms with Crippen molar-refractivity contribution in [1.82, 2.24) is 19.5 Å². The van der Waals surface area contributed by atoms with E-state index in [0.717, 1.165) is 0 Å². The van der Waals surface area contributed by atoms with E-state index in [1.807, 2.05) is 0 Å². The van der Waals surface area contributed by atoms with Crippen molar-refractivity contribution < 1.29 is 71.5 Å². The van der Waals surface area contributed by atoms with Crippen LogP contribution in [-0.2, 0) is 32.0 Å². The molecular formula is C23H32N8O14P2. The smallest absolute Gasteiger partial charge is 0.478 e. The third-order valence-corrected chi connectivity index (χ3v) is 9.71. The van der Waals surface area contributed by atoms with Crippen molar-refractivity contribution in [2.75, 3.05) is 31.6 Å². The number of nitrogens with one attached hydrogen (secondary N) is 1. The summed E-state index contributed by atoms with van der Waals surface area (Å²) >= 11 is 0. The number of primary amides is 1. The fourth-order valence-corrected chi connectivity index (χ4v) is 6.92. The Morgan fingerprint density at radius 1 is 1.06 bits per heavy atom. The van der Waals surface area contributed by atoms with Crippen molar-refractivity contribution in [3.8, 4) is 0 Å². The second kappa shape index (κ2) is 14.2. The van der Waals surface area contributed by atoms with Gasteiger partial charge < -0.3 is 61.0 Å². The molecule has 2 aliphatic heterocycles. The molecule has 5 rings (SSSR count). The summed E-state index contributed by atoms with van der Waals surface area (Å²) in [4.78, 5) is 46.3. The first-order valence-electron chi connectivity index (χ1n) is 13.8. The molecule has 24 heteroatoms. The fraction of sp³-hybridized carbons (Fsp3) is 0.522. The van der Waals surface area contributed by atoms with Gasteiger partial charge in [0.15, 0.2) is 41.7 Å². The predicted molar refractivity (Wildman–Crippen MR) is 150 cm³/mol. The van der Waals surface area contributed by atoms with E-state index in [4.69, 9.17) is 25.5 Å². The summed E-state index contributed by atoms with van der Waals surface area (Å²) < 4.78 is 51.9. The lowest BCUT2D eigenvalue weighted by atomic mass is 10.1. The van der Waals surface area contributed by atoms with Gasteiger partial charge in [0.2, 0.25) is 0 Å². The molecule has 2 fully saturated rings. The molecule has 3 aromatic heterocycles. The number of aromatic nitrogens is 5. The molecule has 1 amide bonds. The Morgan fingerprint density at radius 2 is 1.77 bits per heavy atom. The van der Waals surface area contributed by atoms with Crippen LogP contribution < -0.4 is 26.2 Å². The number of rotatable bonds is 14. The van der Waals surface area contributed by atoms with Crippen LogP contribution in [0.1, 0.15) is 22.8 Å². The third kappa shape index (κ3) is 7.82. The molecule has 0 aromatic carbocycles. The molecule has 2 aliphatic rings. The SMILES string of the molecule is NCCNc1ncnc2c1ncn2[C@@H]1O[C@H](COP(=O)(O)OP(=O)([O-])OC[C@H]2O[C@@H]([n+]3cccc(C(N)=O)c3)[C@H](O)[C@@H]2O)[C@@H](O)[C@H]1O. The van der Waals surface area contributed by atoms with Gasteiger partial charge in [-0.05, 0) is 6.07 Å². The zero-order valence-electron chi connectivity index (χ0n) is 24.1. The number of nitrogens with two attached hydrogens (primary N) is 2. The van der Waals surface area contributed by atoms with E-state index in [2.05, 4.69) is 29.1 Å². The number of nitrogens with zero attached hydrogens (tertiary/aromatic N) is 5. The van der Waals surface area contributed by atoms with Gasteiger partial charge in [0, 0.05) is 19.2 Å². The van der Waals surface area contributed by atoms with E-state index in [1.165, 1.54) is 46.3 Å². The van der Waals surface area contributed by atoms with E-state index in [9.17, 15) is 44.1 Å². The Kier molecular flexibility index (Phi) is 10.7. The number of carbonyl (C=O) groups is 1. The van der Waals surface area contributed by atoms with Gasteiger partial charge in [-0.1, -0.05) is 0 Å². The largest absolute Gasteiger partial charge is 0.756 e. The molecule has 0 aliphatic carbocycles. The summed E-state index contributed by atoms with van der Waals surface area (Å²) in [6, 6.07) is 2.82. The van der Waals surface area contributed by atoms with Gasteiger partial charge in [-0.3, -0.25) is 18.5 Å². The fourth-order valence-electron chi connectivity index (χ4n) is 4.87. The number of hydrogen-bond acceptors (Lipinski definition) is 18. The van der Waals surface area contributed by atoms with Gasteiger partial charge in [0.25, 0.3) is 20.0 Å². The maximum absolute atomic E-state index is 12.5. The van der Waals surface area contributed by atoms with Gasteiger partial charge in [-0.15, -0.1) is 0 Å². The Labute approximate surface area is 264 Å². The third-order valence-electron chi connectivity index (χ3n) is 7.15. The van der Waals surface area contributed by atoms with Crippen LogP contribution in [0.3, 0.4) is 0 Å². The maximum Gasteiger partial charge on any atom is 0.478 e. The first kappa shape index (κ1) is 35.3. The lowest BCUT2D eigenvalue weighted by molar-refractivity contribution is -0.765. The number of amides is 1. The van der Waals surface area contributed by atoms with E-state index < -0.39 is 83.8 Å². The van der Waals surface area contributed by atoms with Gasteiger partial charge in [-0.25, -0.2) is 23.8 Å². The zero-order chi connectivity index (χ0) is 34.1. The number of phosphoric acid groups is 2. The highest BCUT2D eigenvalue weighted by Crippen LogP contribution is 2.58. The lowest BCUT2D eigenvalue weighted by Gasteiger charge is -2.26. The molecule has 258 valence electrons. The standard InChI is InChI=1S/C23H32N8O14P2/c24-3-4-26-20-14-21(28-9-27-20)31(10-29-14)23-18(35)16(33)13(44-23)8-42-47(39,40)45-46(37,38)41-7-12-15(32)17(34)22(43-12)30-5-1-2-11(6-30)19(25)36/h1-2,5-6,9-10,12-13,15-18,22-23,32-35H,3-4,7-8,24H2,(H4-,25,26,27,28,36,37,38,39,40)/t12-,13-,15-,16-,17-,18-,22-,23-/m1/s1. The number of imidazole rings is 1. The van der Waals surface area contributed by atoms with E-state index >= 15 is 0 Å². The number of fused-ring (bicyclic) bond motifs is 1. The zero-order valence-corrected chi connectivity index (χ0v) is 25.9. The summed E-state index contributed by atoms with van der Waals surface area (Å²) in [5, 5.41) is 44.8. The van der Waals surface area contributed by atoms with Crippen molar-refractivity contribution in [1.29, 1.82) is 0 Å². The Bertz CT molecular complexity index is 1680. The van der Waals surface area contributed by atoms with Crippen molar-refractivity contribution in [3.05, 3.63) is 42.7 Å². The molecule has 0 radical (unpaired) electrons. The van der Waals surface area contributed by atoms with Crippen LogP contribution in [0, 0.1) is 0 Å². The Morgan fingerprint density at radius 3 is 2.49 bits per heavy atom. The number of carbonyl (C=O) groups excluding carboxylic acids is 1. The number of anilines is 1. The van der Waals surface area contributed by atoms with Gasteiger partial charge in [-0.2, -0.15) is 4.57 Å². The van der Waals surface area contributed by atoms with Crippen LogP contribution in [0.15, 0.2) is 37.2 Å². The van der Waals surface area contributed by atoms with Crippen molar-refractivity contribution in [2.45, 2.75) is 49.1 Å². The van der Waals surface area contributed by atoms with Crippen molar-refractivity contribution in [3.63, 3.8) is 0 Å². The Hall–Kier alpha value is -3.05. The van der Waals surface area contributed by atoms with Crippen LogP contribution in [-0.4, -0.2) is 114 Å². The molecular weight excluding hydrogens is 674 g/mol. The van der Waals surface area contributed by atoms with Gasteiger partial charge in [0.1, 0.15) is 42.4 Å². The van der Waals surface area contributed by atoms with Crippen LogP contribution in [0.5, 0.6) is 0 Å². The molecule has 22 nitrogen and oxygen atoms in total. The number of ether oxygens (including phenoxy) is 2. The summed E-state index contributed by atoms with van der Waals surface area (Å²) in [6.45, 7) is -1.18. The minimum absolute atomic E-state index is 0.0594. The molecule has 5 heterocycles. The van der Waals surface area contributed by atoms with Gasteiger partial charge >= 0.3 is 7.82 Å². The minimum Gasteiger partial charge on any atom is -0.756 e. The predicted octanol–water partition coefficient (Wildman–Crippen LogP) is -3.86. The second-order valence-corrected chi connectivity index (χ2v) is 13.3. The van der Waals surface area contributed by atoms with E-state index in [1.54, 1.807) is 0 Å². The van der Waals surface area contributed by atoms with Crippen molar-refractivity contribution in [2.24, 2.45) is 11.5 Å². The van der Waals surface area contributed by atoms with Crippen LogP contribution in [0.4, 0.5) is 5.82 Å². The molecule has 10 N–H and O–H groups in total. The van der Waals surface area contributed by atoms with Crippen LogP contribution in [0.2, 0.25) is 0 Å². The molecule has 2 saturated heterocycles. The summed E-state index contributed by atoms with van der Waals surface area (Å²) in [5.41, 5.74) is 11.3. The number of phosphoric ester groups is 2. The number of aliphatic hydroxyl groups excluding tert-OH is 4. The second-order valence-electron chi connectivity index (χ2n) is 10.3. The molecule has 0 spiro atoms. The molecule has 2 unspecified atom stereocenters. The van der Waals surface area contributed by atoms with Gasteiger partial charge in [0.05, 0.1) is 19.5 Å². The van der Waals surface area contributed by atoms with Crippen LogP contribution >= 0.6 is 15.6 Å². The number of hydrogen-bond donors (Lipinski definition) is 8. The molecule has 3 aromatic rings. The monoisotopic (exact) mass is 706 g/mol. The highest BCUT2D eigenvalue weighted by molar-refractivity contribution is 7.60. The number of pyridine rings is 1. The average molecular weight is 706 g/mol. The van der Waals surface area contributed by atoms with E-state index in [-0.39, 0.29) is 11.2 Å². The first-order valence-corrected chi connectivity index (χ1v) is 16.8. The topological polar surface area (TPSA) is 333 Å². The highest BCUT2D eigenvalue weighted by atomic mass is 31.3. The summed E-state index contributed by atoms with van der Waals surface area (Å²) in [6.07, 6.45) is -6.92. The molecule has 10 atom stereocenters. The molecule has 47 heavy (non-hydrogen) atoms. The average Bonchev–Trinajstić information content (AvgIpc) is 3.67. The Balaban J connectivity index is 1.16.